The Morgan fingerprint density at radius 3 is 2.85 bits per heavy atom. The molecule has 3 aromatic rings. The Bertz CT molecular complexity index is 768. The van der Waals surface area contributed by atoms with Crippen molar-refractivity contribution < 1.29 is 4.79 Å². The summed E-state index contributed by atoms with van der Waals surface area (Å²) in [6.07, 6.45) is 1.62. The van der Waals surface area contributed by atoms with Gasteiger partial charge in [0.25, 0.3) is 0 Å². The molecule has 6 heteroatoms. The van der Waals surface area contributed by atoms with Crippen molar-refractivity contribution in [2.75, 3.05) is 10.6 Å². The van der Waals surface area contributed by atoms with Crippen molar-refractivity contribution >= 4 is 44.4 Å². The van der Waals surface area contributed by atoms with E-state index >= 15 is 0 Å². The van der Waals surface area contributed by atoms with Crippen molar-refractivity contribution in [3.8, 4) is 0 Å². The lowest BCUT2D eigenvalue weighted by molar-refractivity contribution is 0.262. The first-order valence-electron chi connectivity index (χ1n) is 5.98. The topological polar surface area (TPSA) is 69.8 Å². The third-order valence-corrected chi connectivity index (χ3v) is 3.49. The standard InChI is InChI=1S/C14H11BrN4O/c15-10-3-1-2-4-11(10)19-14(20)18-9-5-6-12-13(7-9)17-8-16-12/h1-8H,(H,16,17)(H2,18,19,20). The lowest BCUT2D eigenvalue weighted by Gasteiger charge is -2.09. The smallest absolute Gasteiger partial charge is 0.323 e. The van der Waals surface area contributed by atoms with E-state index in [9.17, 15) is 4.79 Å². The van der Waals surface area contributed by atoms with Gasteiger partial charge in [0, 0.05) is 10.2 Å². The van der Waals surface area contributed by atoms with Gasteiger partial charge >= 0.3 is 6.03 Å². The van der Waals surface area contributed by atoms with Crippen LogP contribution in [0.25, 0.3) is 11.0 Å². The maximum Gasteiger partial charge on any atom is 0.323 e. The van der Waals surface area contributed by atoms with Gasteiger partial charge in [-0.05, 0) is 46.3 Å². The molecule has 100 valence electrons. The fraction of sp³-hybridized carbons (Fsp3) is 0. The van der Waals surface area contributed by atoms with Gasteiger partial charge in [0.2, 0.25) is 0 Å². The van der Waals surface area contributed by atoms with Gasteiger partial charge in [-0.25, -0.2) is 9.78 Å². The highest BCUT2D eigenvalue weighted by Gasteiger charge is 2.06. The summed E-state index contributed by atoms with van der Waals surface area (Å²) in [5, 5.41) is 5.56. The molecule has 2 aromatic carbocycles. The monoisotopic (exact) mass is 330 g/mol. The summed E-state index contributed by atoms with van der Waals surface area (Å²) in [4.78, 5) is 19.1. The minimum Gasteiger partial charge on any atom is -0.345 e. The number of hydrogen-bond acceptors (Lipinski definition) is 2. The molecule has 0 saturated heterocycles. The number of benzene rings is 2. The quantitative estimate of drug-likeness (QED) is 0.665. The molecule has 3 N–H and O–H groups in total. The highest BCUT2D eigenvalue weighted by Crippen LogP contribution is 2.21. The van der Waals surface area contributed by atoms with Gasteiger partial charge in [0.05, 0.1) is 23.0 Å². The van der Waals surface area contributed by atoms with Crippen LogP contribution < -0.4 is 10.6 Å². The molecule has 20 heavy (non-hydrogen) atoms. The highest BCUT2D eigenvalue weighted by molar-refractivity contribution is 9.10. The molecule has 3 rings (SSSR count). The van der Waals surface area contributed by atoms with E-state index in [1.165, 1.54) is 0 Å². The number of carbonyl (C=O) groups is 1. The number of urea groups is 1. The van der Waals surface area contributed by atoms with Gasteiger partial charge < -0.3 is 15.6 Å². The number of imidazole rings is 1. The fourth-order valence-electron chi connectivity index (χ4n) is 1.86. The molecule has 0 aliphatic rings. The molecule has 0 saturated carbocycles. The zero-order valence-electron chi connectivity index (χ0n) is 10.4. The van der Waals surface area contributed by atoms with Crippen molar-refractivity contribution in [3.05, 3.63) is 53.3 Å². The van der Waals surface area contributed by atoms with Crippen molar-refractivity contribution in [2.45, 2.75) is 0 Å². The number of aromatic amines is 1. The van der Waals surface area contributed by atoms with Crippen LogP contribution in [0.5, 0.6) is 0 Å². The number of fused-ring (bicyclic) bond motifs is 1. The van der Waals surface area contributed by atoms with Crippen LogP contribution in [0, 0.1) is 0 Å². The van der Waals surface area contributed by atoms with Crippen LogP contribution in [-0.4, -0.2) is 16.0 Å². The van der Waals surface area contributed by atoms with Crippen LogP contribution in [0.15, 0.2) is 53.3 Å². The second-order valence-corrected chi connectivity index (χ2v) is 5.05. The molecule has 0 spiro atoms. The van der Waals surface area contributed by atoms with Crippen molar-refractivity contribution in [3.63, 3.8) is 0 Å². The molecule has 0 bridgehead atoms. The number of halogens is 1. The Balaban J connectivity index is 1.74. The summed E-state index contributed by atoms with van der Waals surface area (Å²) in [5.41, 5.74) is 3.16. The molecule has 0 aliphatic carbocycles. The van der Waals surface area contributed by atoms with E-state index in [-0.39, 0.29) is 6.03 Å². The molecular weight excluding hydrogens is 320 g/mol. The van der Waals surface area contributed by atoms with Crippen LogP contribution >= 0.6 is 15.9 Å². The van der Waals surface area contributed by atoms with Crippen LogP contribution in [0.1, 0.15) is 0 Å². The van der Waals surface area contributed by atoms with E-state index in [4.69, 9.17) is 0 Å². The molecule has 1 heterocycles. The van der Waals surface area contributed by atoms with Crippen LogP contribution in [0.3, 0.4) is 0 Å². The Morgan fingerprint density at radius 2 is 2.00 bits per heavy atom. The molecule has 0 unspecified atom stereocenters. The Morgan fingerprint density at radius 1 is 1.15 bits per heavy atom. The zero-order valence-corrected chi connectivity index (χ0v) is 11.9. The summed E-state index contributed by atoms with van der Waals surface area (Å²) in [6.45, 7) is 0. The highest BCUT2D eigenvalue weighted by atomic mass is 79.9. The van der Waals surface area contributed by atoms with Crippen LogP contribution in [-0.2, 0) is 0 Å². The van der Waals surface area contributed by atoms with Crippen molar-refractivity contribution in [2.24, 2.45) is 0 Å². The van der Waals surface area contributed by atoms with E-state index in [0.29, 0.717) is 11.4 Å². The normalized spacial score (nSPS) is 10.4. The number of anilines is 2. The van der Waals surface area contributed by atoms with Gasteiger partial charge in [0.15, 0.2) is 0 Å². The maximum absolute atomic E-state index is 11.9. The number of carbonyl (C=O) groups excluding carboxylic acids is 1. The molecule has 0 radical (unpaired) electrons. The predicted octanol–water partition coefficient (Wildman–Crippen LogP) is 3.97. The Labute approximate surface area is 123 Å². The molecule has 2 amide bonds. The number of H-pyrrole nitrogens is 1. The SMILES string of the molecule is O=C(Nc1ccc2nc[nH]c2c1)Nc1ccccc1Br. The number of rotatable bonds is 2. The van der Waals surface area contributed by atoms with Gasteiger partial charge in [0.1, 0.15) is 0 Å². The molecule has 0 atom stereocenters. The molecule has 0 fully saturated rings. The maximum atomic E-state index is 11.9. The molecule has 5 nitrogen and oxygen atoms in total. The van der Waals surface area contributed by atoms with Gasteiger partial charge in [-0.1, -0.05) is 12.1 Å². The summed E-state index contributed by atoms with van der Waals surface area (Å²) >= 11 is 3.38. The van der Waals surface area contributed by atoms with Gasteiger partial charge in [-0.15, -0.1) is 0 Å². The van der Waals surface area contributed by atoms with E-state index in [1.807, 2.05) is 42.5 Å². The summed E-state index contributed by atoms with van der Waals surface area (Å²) < 4.78 is 0.833. The average Bonchev–Trinajstić information content (AvgIpc) is 2.89. The second-order valence-electron chi connectivity index (χ2n) is 4.19. The third kappa shape index (κ3) is 2.65. The number of amides is 2. The third-order valence-electron chi connectivity index (χ3n) is 2.80. The Kier molecular flexibility index (Phi) is 3.39. The number of aromatic nitrogens is 2. The fourth-order valence-corrected chi connectivity index (χ4v) is 2.24. The van der Waals surface area contributed by atoms with E-state index in [0.717, 1.165) is 15.5 Å². The zero-order chi connectivity index (χ0) is 13.9. The average molecular weight is 331 g/mol. The molecule has 0 aliphatic heterocycles. The predicted molar refractivity (Wildman–Crippen MR) is 82.9 cm³/mol. The number of hydrogen-bond donors (Lipinski definition) is 3. The number of nitrogens with one attached hydrogen (secondary N) is 3. The lowest BCUT2D eigenvalue weighted by Crippen LogP contribution is -2.19. The lowest BCUT2D eigenvalue weighted by atomic mass is 10.3. The first-order chi connectivity index (χ1) is 9.72. The van der Waals surface area contributed by atoms with Crippen LogP contribution in [0.4, 0.5) is 16.2 Å². The number of para-hydroxylation sites is 1. The van der Waals surface area contributed by atoms with Crippen molar-refractivity contribution in [1.82, 2.24) is 9.97 Å². The van der Waals surface area contributed by atoms with Gasteiger partial charge in [-0.3, -0.25) is 0 Å². The van der Waals surface area contributed by atoms with Crippen LogP contribution in [0.2, 0.25) is 0 Å². The molecular formula is C14H11BrN4O. The minimum atomic E-state index is -0.296. The largest absolute Gasteiger partial charge is 0.345 e. The minimum absolute atomic E-state index is 0.296. The first-order valence-corrected chi connectivity index (χ1v) is 6.77. The Hall–Kier alpha value is -2.34. The summed E-state index contributed by atoms with van der Waals surface area (Å²) in [6, 6.07) is 12.6. The summed E-state index contributed by atoms with van der Waals surface area (Å²) in [7, 11) is 0. The van der Waals surface area contributed by atoms with Crippen molar-refractivity contribution in [1.29, 1.82) is 0 Å². The first kappa shape index (κ1) is 12.7. The molecule has 1 aromatic heterocycles. The van der Waals surface area contributed by atoms with E-state index in [2.05, 4.69) is 36.5 Å². The van der Waals surface area contributed by atoms with E-state index in [1.54, 1.807) is 6.33 Å². The van der Waals surface area contributed by atoms with Gasteiger partial charge in [-0.2, -0.15) is 0 Å². The number of nitrogens with zero attached hydrogens (tertiary/aromatic N) is 1. The van der Waals surface area contributed by atoms with E-state index < -0.39 is 0 Å². The second kappa shape index (κ2) is 5.34. The summed E-state index contributed by atoms with van der Waals surface area (Å²) in [5.74, 6) is 0.